The lowest BCUT2D eigenvalue weighted by atomic mass is 10.1. The molecule has 22 heavy (non-hydrogen) atoms. The molecule has 0 bridgehead atoms. The van der Waals surface area contributed by atoms with Crippen molar-refractivity contribution in [1.82, 2.24) is 4.72 Å². The van der Waals surface area contributed by atoms with E-state index in [2.05, 4.69) is 15.0 Å². The van der Waals surface area contributed by atoms with Crippen LogP contribution in [0.5, 0.6) is 0 Å². The Morgan fingerprint density at radius 2 is 2.14 bits per heavy atom. The average Bonchev–Trinajstić information content (AvgIpc) is 2.43. The minimum Gasteiger partial charge on any atom is -0.480 e. The van der Waals surface area contributed by atoms with Crippen molar-refractivity contribution in [2.45, 2.75) is 44.0 Å². The number of aliphatic imine (C=N–C) groups is 1. The van der Waals surface area contributed by atoms with Crippen LogP contribution >= 0.6 is 0 Å². The highest BCUT2D eigenvalue weighted by molar-refractivity contribution is 7.90. The SMILES string of the molecule is CCCCC(N=C1Nc2ccc(C)cc2S(=O)(=O)N1)C(=O)O. The van der Waals surface area contributed by atoms with Gasteiger partial charge < -0.3 is 10.4 Å². The molecule has 1 aliphatic rings. The van der Waals surface area contributed by atoms with Gasteiger partial charge in [-0.2, -0.15) is 0 Å². The Kier molecular flexibility index (Phi) is 4.70. The molecule has 0 amide bonds. The van der Waals surface area contributed by atoms with Crippen LogP contribution in [0.25, 0.3) is 0 Å². The van der Waals surface area contributed by atoms with E-state index in [4.69, 9.17) is 0 Å². The molecule has 0 saturated carbocycles. The summed E-state index contributed by atoms with van der Waals surface area (Å²) in [6, 6.07) is 3.99. The number of benzene rings is 1. The van der Waals surface area contributed by atoms with Crippen molar-refractivity contribution >= 4 is 27.6 Å². The first-order chi connectivity index (χ1) is 10.3. The lowest BCUT2D eigenvalue weighted by Gasteiger charge is -2.22. The molecular formula is C14H19N3O4S. The number of carboxylic acid groups (broad SMARTS) is 1. The predicted octanol–water partition coefficient (Wildman–Crippen LogP) is 1.70. The molecule has 1 unspecified atom stereocenters. The zero-order chi connectivity index (χ0) is 16.3. The second-order valence-electron chi connectivity index (χ2n) is 5.20. The van der Waals surface area contributed by atoms with Crippen molar-refractivity contribution in [2.75, 3.05) is 5.32 Å². The molecule has 120 valence electrons. The number of sulfonamides is 1. The summed E-state index contributed by atoms with van der Waals surface area (Å²) in [7, 11) is -3.74. The normalized spacial score (nSPS) is 18.9. The number of rotatable bonds is 5. The van der Waals surface area contributed by atoms with Crippen molar-refractivity contribution in [3.8, 4) is 0 Å². The zero-order valence-electron chi connectivity index (χ0n) is 12.5. The minimum absolute atomic E-state index is 0.0557. The zero-order valence-corrected chi connectivity index (χ0v) is 13.3. The summed E-state index contributed by atoms with van der Waals surface area (Å²) in [6.07, 6.45) is 1.91. The summed E-state index contributed by atoms with van der Waals surface area (Å²) >= 11 is 0. The fraction of sp³-hybridized carbons (Fsp3) is 0.429. The minimum atomic E-state index is -3.74. The molecule has 0 saturated heterocycles. The molecule has 0 aromatic heterocycles. The molecule has 7 nitrogen and oxygen atoms in total. The number of hydrogen-bond donors (Lipinski definition) is 3. The van der Waals surface area contributed by atoms with Crippen molar-refractivity contribution in [3.05, 3.63) is 23.8 Å². The van der Waals surface area contributed by atoms with Gasteiger partial charge in [-0.3, -0.25) is 0 Å². The lowest BCUT2D eigenvalue weighted by Crippen LogP contribution is -2.42. The van der Waals surface area contributed by atoms with Crippen LogP contribution < -0.4 is 10.0 Å². The number of hydrogen-bond acceptors (Lipinski definition) is 4. The summed E-state index contributed by atoms with van der Waals surface area (Å²) in [6.45, 7) is 3.75. The predicted molar refractivity (Wildman–Crippen MR) is 83.5 cm³/mol. The molecule has 1 aliphatic heterocycles. The van der Waals surface area contributed by atoms with Gasteiger partial charge in [-0.25, -0.2) is 22.9 Å². The molecule has 8 heteroatoms. The van der Waals surface area contributed by atoms with Gasteiger partial charge in [0.25, 0.3) is 10.0 Å². The van der Waals surface area contributed by atoms with Crippen LogP contribution in [-0.4, -0.2) is 31.5 Å². The van der Waals surface area contributed by atoms with Crippen LogP contribution in [-0.2, 0) is 14.8 Å². The standard InChI is InChI=1S/C14H19N3O4S/c1-3-4-5-11(13(18)19)16-14-15-10-7-6-9(2)8-12(10)22(20,21)17-14/h6-8,11H,3-5H2,1-2H3,(H,18,19)(H2,15,16,17). The second-order valence-corrected chi connectivity index (χ2v) is 6.85. The number of anilines is 1. The van der Waals surface area contributed by atoms with Gasteiger partial charge in [0.2, 0.25) is 5.96 Å². The maximum atomic E-state index is 12.2. The lowest BCUT2D eigenvalue weighted by molar-refractivity contribution is -0.138. The number of carbonyl (C=O) groups is 1. The van der Waals surface area contributed by atoms with E-state index in [0.29, 0.717) is 18.5 Å². The fourth-order valence-electron chi connectivity index (χ4n) is 2.15. The first kappa shape index (κ1) is 16.3. The number of unbranched alkanes of at least 4 members (excludes halogenated alkanes) is 1. The number of fused-ring (bicyclic) bond motifs is 1. The van der Waals surface area contributed by atoms with Gasteiger partial charge in [0.15, 0.2) is 6.04 Å². The van der Waals surface area contributed by atoms with E-state index in [-0.39, 0.29) is 10.9 Å². The molecule has 0 spiro atoms. The number of aryl methyl sites for hydroxylation is 1. The van der Waals surface area contributed by atoms with Crippen LogP contribution in [0.15, 0.2) is 28.1 Å². The van der Waals surface area contributed by atoms with E-state index in [1.165, 1.54) is 0 Å². The molecule has 3 N–H and O–H groups in total. The van der Waals surface area contributed by atoms with Crippen LogP contribution in [0.2, 0.25) is 0 Å². The van der Waals surface area contributed by atoms with E-state index in [0.717, 1.165) is 12.0 Å². The number of carboxylic acids is 1. The van der Waals surface area contributed by atoms with E-state index < -0.39 is 22.0 Å². The third-order valence-corrected chi connectivity index (χ3v) is 4.69. The highest BCUT2D eigenvalue weighted by Crippen LogP contribution is 2.25. The van der Waals surface area contributed by atoms with Gasteiger partial charge in [-0.15, -0.1) is 0 Å². The van der Waals surface area contributed by atoms with Crippen molar-refractivity contribution in [1.29, 1.82) is 0 Å². The Morgan fingerprint density at radius 1 is 1.41 bits per heavy atom. The first-order valence-corrected chi connectivity index (χ1v) is 8.53. The van der Waals surface area contributed by atoms with Gasteiger partial charge in [0, 0.05) is 0 Å². The van der Waals surface area contributed by atoms with Crippen LogP contribution in [0.1, 0.15) is 31.7 Å². The second kappa shape index (κ2) is 6.35. The van der Waals surface area contributed by atoms with E-state index in [1.807, 2.05) is 6.92 Å². The molecular weight excluding hydrogens is 306 g/mol. The maximum absolute atomic E-state index is 12.2. The number of guanidine groups is 1. The Hall–Kier alpha value is -2.09. The Bertz CT molecular complexity index is 713. The molecule has 0 aliphatic carbocycles. The number of aliphatic carboxylic acids is 1. The topological polar surface area (TPSA) is 108 Å². The molecule has 1 heterocycles. The largest absolute Gasteiger partial charge is 0.480 e. The molecule has 1 aromatic carbocycles. The fourth-order valence-corrected chi connectivity index (χ4v) is 3.36. The molecule has 2 rings (SSSR count). The highest BCUT2D eigenvalue weighted by atomic mass is 32.2. The third kappa shape index (κ3) is 3.56. The van der Waals surface area contributed by atoms with Crippen LogP contribution in [0.3, 0.4) is 0 Å². The maximum Gasteiger partial charge on any atom is 0.328 e. The van der Waals surface area contributed by atoms with Crippen molar-refractivity contribution in [2.24, 2.45) is 4.99 Å². The van der Waals surface area contributed by atoms with Crippen molar-refractivity contribution in [3.63, 3.8) is 0 Å². The van der Waals surface area contributed by atoms with Gasteiger partial charge in [-0.05, 0) is 31.0 Å². The molecule has 1 atom stereocenters. The van der Waals surface area contributed by atoms with Crippen molar-refractivity contribution < 1.29 is 18.3 Å². The van der Waals surface area contributed by atoms with Gasteiger partial charge in [0.1, 0.15) is 4.90 Å². The Morgan fingerprint density at radius 3 is 2.77 bits per heavy atom. The molecule has 0 radical (unpaired) electrons. The Balaban J connectivity index is 2.33. The van der Waals surface area contributed by atoms with E-state index in [1.54, 1.807) is 25.1 Å². The van der Waals surface area contributed by atoms with Gasteiger partial charge >= 0.3 is 5.97 Å². The quantitative estimate of drug-likeness (QED) is 0.763. The summed E-state index contributed by atoms with van der Waals surface area (Å²) in [4.78, 5) is 15.4. The van der Waals surface area contributed by atoms with Crippen LogP contribution in [0.4, 0.5) is 5.69 Å². The smallest absolute Gasteiger partial charge is 0.328 e. The number of nitrogens with one attached hydrogen (secondary N) is 2. The van der Waals surface area contributed by atoms with Gasteiger partial charge in [0.05, 0.1) is 5.69 Å². The summed E-state index contributed by atoms with van der Waals surface area (Å²) < 4.78 is 26.7. The first-order valence-electron chi connectivity index (χ1n) is 7.04. The monoisotopic (exact) mass is 325 g/mol. The van der Waals surface area contributed by atoms with Gasteiger partial charge in [-0.1, -0.05) is 25.8 Å². The third-order valence-electron chi connectivity index (χ3n) is 3.31. The highest BCUT2D eigenvalue weighted by Gasteiger charge is 2.28. The average molecular weight is 325 g/mol. The summed E-state index contributed by atoms with van der Waals surface area (Å²) in [5.74, 6) is -1.13. The molecule has 1 aromatic rings. The van der Waals surface area contributed by atoms with E-state index >= 15 is 0 Å². The number of nitrogens with zero attached hydrogens (tertiary/aromatic N) is 1. The Labute approximate surface area is 129 Å². The van der Waals surface area contributed by atoms with E-state index in [9.17, 15) is 18.3 Å². The summed E-state index contributed by atoms with van der Waals surface area (Å²) in [5.41, 5.74) is 1.21. The van der Waals surface area contributed by atoms with Crippen LogP contribution in [0, 0.1) is 6.92 Å². The molecule has 0 fully saturated rings. The summed E-state index contributed by atoms with van der Waals surface area (Å²) in [5, 5.41) is 12.0.